The summed E-state index contributed by atoms with van der Waals surface area (Å²) in [5.41, 5.74) is 0.299. The lowest BCUT2D eigenvalue weighted by atomic mass is 10.2. The molecule has 20 heavy (non-hydrogen) atoms. The van der Waals surface area contributed by atoms with Crippen molar-refractivity contribution >= 4 is 11.9 Å². The van der Waals surface area contributed by atoms with Gasteiger partial charge in [-0.1, -0.05) is 5.21 Å². The molecule has 1 aliphatic heterocycles. The van der Waals surface area contributed by atoms with Gasteiger partial charge in [-0.3, -0.25) is 9.59 Å². The first-order valence-corrected chi connectivity index (χ1v) is 6.77. The lowest BCUT2D eigenvalue weighted by Gasteiger charge is -2.26. The number of nitrogens with one attached hydrogen (secondary N) is 2. The third kappa shape index (κ3) is 3.77. The first kappa shape index (κ1) is 14.4. The van der Waals surface area contributed by atoms with Gasteiger partial charge in [-0.15, -0.1) is 5.10 Å². The topological polar surface area (TPSA) is 98.1 Å². The highest BCUT2D eigenvalue weighted by molar-refractivity contribution is 5.91. The minimum Gasteiger partial charge on any atom is -0.466 e. The molecule has 0 aliphatic carbocycles. The van der Waals surface area contributed by atoms with Gasteiger partial charge in [0.1, 0.15) is 0 Å². The molecule has 8 nitrogen and oxygen atoms in total. The summed E-state index contributed by atoms with van der Waals surface area (Å²) in [6.45, 7) is 4.26. The molecule has 0 atom stereocenters. The Bertz CT molecular complexity index is 469. The molecule has 0 bridgehead atoms. The van der Waals surface area contributed by atoms with Gasteiger partial charge in [0, 0.05) is 26.1 Å². The third-order valence-electron chi connectivity index (χ3n) is 3.03. The Balaban J connectivity index is 1.69. The Hall–Kier alpha value is -1.96. The largest absolute Gasteiger partial charge is 0.466 e. The van der Waals surface area contributed by atoms with E-state index in [2.05, 4.69) is 20.9 Å². The zero-order valence-corrected chi connectivity index (χ0v) is 11.5. The summed E-state index contributed by atoms with van der Waals surface area (Å²) < 4.78 is 6.50. The molecule has 1 saturated heterocycles. The molecule has 110 valence electrons. The maximum Gasteiger partial charge on any atom is 0.305 e. The van der Waals surface area contributed by atoms with Gasteiger partial charge >= 0.3 is 5.97 Å². The van der Waals surface area contributed by atoms with Gasteiger partial charge < -0.3 is 15.4 Å². The highest BCUT2D eigenvalue weighted by Crippen LogP contribution is 2.09. The summed E-state index contributed by atoms with van der Waals surface area (Å²) in [6.07, 6.45) is 2.49. The van der Waals surface area contributed by atoms with Crippen LogP contribution in [0.4, 0.5) is 0 Å². The molecule has 8 heteroatoms. The van der Waals surface area contributed by atoms with E-state index in [4.69, 9.17) is 4.74 Å². The van der Waals surface area contributed by atoms with Crippen LogP contribution in [-0.4, -0.2) is 53.1 Å². The number of esters is 1. The predicted molar refractivity (Wildman–Crippen MR) is 70.1 cm³/mol. The lowest BCUT2D eigenvalue weighted by Crippen LogP contribution is -2.43. The Morgan fingerprint density at radius 1 is 1.55 bits per heavy atom. The van der Waals surface area contributed by atoms with Gasteiger partial charge in [0.15, 0.2) is 5.69 Å². The van der Waals surface area contributed by atoms with E-state index in [0.717, 1.165) is 13.1 Å². The van der Waals surface area contributed by atoms with E-state index in [1.807, 2.05) is 0 Å². The number of carbonyl (C=O) groups is 2. The number of aromatic nitrogens is 3. The SMILES string of the molecule is CCOC(=O)CCCNC(=O)c1cn(C2CNC2)nn1. The molecule has 0 unspecified atom stereocenters. The molecule has 1 aliphatic rings. The van der Waals surface area contributed by atoms with Crippen LogP contribution < -0.4 is 10.6 Å². The van der Waals surface area contributed by atoms with Crippen molar-refractivity contribution in [3.63, 3.8) is 0 Å². The minimum atomic E-state index is -0.271. The van der Waals surface area contributed by atoms with Crippen molar-refractivity contribution in [3.8, 4) is 0 Å². The second-order valence-corrected chi connectivity index (χ2v) is 4.56. The average molecular weight is 281 g/mol. The summed E-state index contributed by atoms with van der Waals surface area (Å²) in [5.74, 6) is -0.516. The Kier molecular flexibility index (Phi) is 5.05. The van der Waals surface area contributed by atoms with Crippen molar-refractivity contribution < 1.29 is 14.3 Å². The quantitative estimate of drug-likeness (QED) is 0.516. The van der Waals surface area contributed by atoms with E-state index in [1.165, 1.54) is 0 Å². The summed E-state index contributed by atoms with van der Waals surface area (Å²) in [7, 11) is 0. The van der Waals surface area contributed by atoms with E-state index in [-0.39, 0.29) is 17.9 Å². The van der Waals surface area contributed by atoms with E-state index in [1.54, 1.807) is 17.8 Å². The maximum absolute atomic E-state index is 11.8. The van der Waals surface area contributed by atoms with Gasteiger partial charge in [0.25, 0.3) is 5.91 Å². The van der Waals surface area contributed by atoms with Gasteiger partial charge in [-0.25, -0.2) is 4.68 Å². The Morgan fingerprint density at radius 3 is 3.00 bits per heavy atom. The fraction of sp³-hybridized carbons (Fsp3) is 0.667. The van der Waals surface area contributed by atoms with Gasteiger partial charge in [0.2, 0.25) is 0 Å². The van der Waals surface area contributed by atoms with Crippen molar-refractivity contribution in [2.45, 2.75) is 25.8 Å². The van der Waals surface area contributed by atoms with Crippen LogP contribution in [0, 0.1) is 0 Å². The van der Waals surface area contributed by atoms with E-state index >= 15 is 0 Å². The lowest BCUT2D eigenvalue weighted by molar-refractivity contribution is -0.143. The Morgan fingerprint density at radius 2 is 2.35 bits per heavy atom. The highest BCUT2D eigenvalue weighted by Gasteiger charge is 2.21. The van der Waals surface area contributed by atoms with Crippen molar-refractivity contribution in [1.29, 1.82) is 0 Å². The molecule has 1 amide bonds. The van der Waals surface area contributed by atoms with E-state index in [9.17, 15) is 9.59 Å². The number of nitrogens with zero attached hydrogens (tertiary/aromatic N) is 3. The maximum atomic E-state index is 11.8. The normalized spacial score (nSPS) is 14.7. The van der Waals surface area contributed by atoms with E-state index < -0.39 is 0 Å². The number of hydrogen-bond donors (Lipinski definition) is 2. The zero-order chi connectivity index (χ0) is 14.4. The van der Waals surface area contributed by atoms with Crippen molar-refractivity contribution in [2.75, 3.05) is 26.2 Å². The van der Waals surface area contributed by atoms with Crippen LogP contribution in [-0.2, 0) is 9.53 Å². The highest BCUT2D eigenvalue weighted by atomic mass is 16.5. The number of rotatable bonds is 7. The monoisotopic (exact) mass is 281 g/mol. The second-order valence-electron chi connectivity index (χ2n) is 4.56. The molecular formula is C12H19N5O3. The standard InChI is InChI=1S/C12H19N5O3/c1-2-20-11(18)4-3-5-14-12(19)10-8-17(16-15-10)9-6-13-7-9/h8-9,13H,2-7H2,1H3,(H,14,19). The summed E-state index contributed by atoms with van der Waals surface area (Å²) in [4.78, 5) is 22.9. The molecule has 1 aromatic rings. The molecule has 0 aromatic carbocycles. The molecule has 0 saturated carbocycles. The third-order valence-corrected chi connectivity index (χ3v) is 3.03. The molecular weight excluding hydrogens is 262 g/mol. The van der Waals surface area contributed by atoms with Crippen LogP contribution in [0.3, 0.4) is 0 Å². The summed E-state index contributed by atoms with van der Waals surface area (Å²) >= 11 is 0. The number of amides is 1. The minimum absolute atomic E-state index is 0.245. The summed E-state index contributed by atoms with van der Waals surface area (Å²) in [5, 5.41) is 13.6. The average Bonchev–Trinajstić information content (AvgIpc) is 2.82. The first-order valence-electron chi connectivity index (χ1n) is 6.77. The molecule has 2 N–H and O–H groups in total. The fourth-order valence-corrected chi connectivity index (χ4v) is 1.78. The second kappa shape index (κ2) is 6.99. The fourth-order valence-electron chi connectivity index (χ4n) is 1.78. The predicted octanol–water partition coefficient (Wildman–Crippen LogP) is -0.504. The van der Waals surface area contributed by atoms with Gasteiger partial charge in [0.05, 0.1) is 18.8 Å². The van der Waals surface area contributed by atoms with Gasteiger partial charge in [-0.2, -0.15) is 0 Å². The zero-order valence-electron chi connectivity index (χ0n) is 11.5. The molecule has 0 radical (unpaired) electrons. The summed E-state index contributed by atoms with van der Waals surface area (Å²) in [6, 6.07) is 0.285. The van der Waals surface area contributed by atoms with Crippen LogP contribution in [0.5, 0.6) is 0 Å². The number of hydrogen-bond acceptors (Lipinski definition) is 6. The van der Waals surface area contributed by atoms with E-state index in [0.29, 0.717) is 31.7 Å². The molecule has 2 rings (SSSR count). The smallest absolute Gasteiger partial charge is 0.305 e. The first-order chi connectivity index (χ1) is 9.70. The molecule has 1 aromatic heterocycles. The van der Waals surface area contributed by atoms with Crippen LogP contribution in [0.25, 0.3) is 0 Å². The van der Waals surface area contributed by atoms with Crippen LogP contribution in [0.15, 0.2) is 6.20 Å². The van der Waals surface area contributed by atoms with Crippen LogP contribution in [0.2, 0.25) is 0 Å². The number of carbonyl (C=O) groups excluding carboxylic acids is 2. The Labute approximate surface area is 116 Å². The van der Waals surface area contributed by atoms with Crippen LogP contribution >= 0.6 is 0 Å². The number of ether oxygens (including phenoxy) is 1. The molecule has 1 fully saturated rings. The molecule has 0 spiro atoms. The van der Waals surface area contributed by atoms with Crippen molar-refractivity contribution in [3.05, 3.63) is 11.9 Å². The molecule has 2 heterocycles. The van der Waals surface area contributed by atoms with Crippen LogP contribution in [0.1, 0.15) is 36.3 Å². The van der Waals surface area contributed by atoms with Gasteiger partial charge in [-0.05, 0) is 13.3 Å². The van der Waals surface area contributed by atoms with Crippen molar-refractivity contribution in [1.82, 2.24) is 25.6 Å². The van der Waals surface area contributed by atoms with Crippen molar-refractivity contribution in [2.24, 2.45) is 0 Å².